The lowest BCUT2D eigenvalue weighted by molar-refractivity contribution is -0.114. The third kappa shape index (κ3) is 4.26. The van der Waals surface area contributed by atoms with Gasteiger partial charge in [-0.3, -0.25) is 9.59 Å². The molecule has 6 heteroatoms. The van der Waals surface area contributed by atoms with E-state index in [-0.39, 0.29) is 11.8 Å². The lowest BCUT2D eigenvalue weighted by Gasteiger charge is -2.07. The van der Waals surface area contributed by atoms with Crippen LogP contribution >= 0.6 is 0 Å². The van der Waals surface area contributed by atoms with Crippen molar-refractivity contribution in [3.63, 3.8) is 0 Å². The number of benzene rings is 2. The van der Waals surface area contributed by atoms with Crippen LogP contribution in [-0.2, 0) is 4.79 Å². The summed E-state index contributed by atoms with van der Waals surface area (Å²) in [5.74, 6) is 0.0944. The minimum Gasteiger partial charge on any atom is -0.326 e. The van der Waals surface area contributed by atoms with Gasteiger partial charge in [0.25, 0.3) is 5.91 Å². The first kappa shape index (κ1) is 16.3. The first-order valence-electron chi connectivity index (χ1n) is 7.68. The molecule has 0 aliphatic carbocycles. The van der Waals surface area contributed by atoms with Crippen LogP contribution in [-0.4, -0.2) is 21.8 Å². The van der Waals surface area contributed by atoms with Gasteiger partial charge in [-0.2, -0.15) is 0 Å². The van der Waals surface area contributed by atoms with Crippen LogP contribution in [0.4, 0.5) is 11.4 Å². The van der Waals surface area contributed by atoms with Gasteiger partial charge in [0.05, 0.1) is 18.1 Å². The first-order chi connectivity index (χ1) is 12.1. The summed E-state index contributed by atoms with van der Waals surface area (Å²) >= 11 is 0. The fraction of sp³-hybridized carbons (Fsp3) is 0.0526. The molecule has 1 aromatic heterocycles. The molecule has 0 radical (unpaired) electrons. The molecule has 3 rings (SSSR count). The number of rotatable bonds is 4. The highest BCUT2D eigenvalue weighted by atomic mass is 16.2. The quantitative estimate of drug-likeness (QED) is 0.767. The highest BCUT2D eigenvalue weighted by Gasteiger charge is 2.08. The Morgan fingerprint density at radius 2 is 1.56 bits per heavy atom. The summed E-state index contributed by atoms with van der Waals surface area (Å²) < 4.78 is 0. The Kier molecular flexibility index (Phi) is 4.80. The Labute approximate surface area is 145 Å². The first-order valence-corrected chi connectivity index (χ1v) is 7.68. The minimum atomic E-state index is -0.303. The van der Waals surface area contributed by atoms with E-state index in [0.29, 0.717) is 22.8 Å². The Morgan fingerprint density at radius 1 is 0.840 bits per heavy atom. The molecule has 2 amide bonds. The zero-order valence-corrected chi connectivity index (χ0v) is 13.6. The number of anilines is 2. The lowest BCUT2D eigenvalue weighted by atomic mass is 10.2. The molecule has 0 aliphatic rings. The topological polar surface area (TPSA) is 84.0 Å². The van der Waals surface area contributed by atoms with Crippen LogP contribution < -0.4 is 10.6 Å². The van der Waals surface area contributed by atoms with Crippen molar-refractivity contribution in [2.75, 3.05) is 10.6 Å². The molecule has 0 bridgehead atoms. The van der Waals surface area contributed by atoms with E-state index in [1.54, 1.807) is 36.7 Å². The zero-order valence-electron chi connectivity index (χ0n) is 13.6. The maximum Gasteiger partial charge on any atom is 0.255 e. The van der Waals surface area contributed by atoms with Crippen molar-refractivity contribution in [2.24, 2.45) is 0 Å². The van der Waals surface area contributed by atoms with Crippen LogP contribution in [0, 0.1) is 0 Å². The van der Waals surface area contributed by atoms with Gasteiger partial charge >= 0.3 is 0 Å². The molecule has 0 saturated heterocycles. The van der Waals surface area contributed by atoms with Crippen molar-refractivity contribution in [1.82, 2.24) is 9.97 Å². The lowest BCUT2D eigenvalue weighted by Crippen LogP contribution is -2.13. The summed E-state index contributed by atoms with van der Waals surface area (Å²) in [7, 11) is 0. The number of aromatic nitrogens is 2. The smallest absolute Gasteiger partial charge is 0.255 e. The van der Waals surface area contributed by atoms with Crippen molar-refractivity contribution in [3.8, 4) is 11.4 Å². The molecular formula is C19H16N4O2. The molecular weight excluding hydrogens is 316 g/mol. The second kappa shape index (κ2) is 7.35. The third-order valence-electron chi connectivity index (χ3n) is 3.39. The molecule has 0 fully saturated rings. The van der Waals surface area contributed by atoms with E-state index in [0.717, 1.165) is 5.56 Å². The third-order valence-corrected chi connectivity index (χ3v) is 3.39. The Bertz CT molecular complexity index is 893. The van der Waals surface area contributed by atoms with E-state index in [4.69, 9.17) is 0 Å². The molecule has 1 heterocycles. The molecule has 0 spiro atoms. The fourth-order valence-corrected chi connectivity index (χ4v) is 2.27. The Morgan fingerprint density at radius 3 is 2.24 bits per heavy atom. The second-order valence-corrected chi connectivity index (χ2v) is 5.38. The summed E-state index contributed by atoms with van der Waals surface area (Å²) in [6.45, 7) is 1.42. The number of carbonyl (C=O) groups is 2. The molecule has 0 aliphatic heterocycles. The number of amides is 2. The van der Waals surface area contributed by atoms with E-state index >= 15 is 0 Å². The predicted molar refractivity (Wildman–Crippen MR) is 96.2 cm³/mol. The molecule has 0 unspecified atom stereocenters. The number of hydrogen-bond donors (Lipinski definition) is 2. The van der Waals surface area contributed by atoms with Crippen molar-refractivity contribution < 1.29 is 9.59 Å². The highest BCUT2D eigenvalue weighted by molar-refractivity contribution is 6.05. The monoisotopic (exact) mass is 332 g/mol. The van der Waals surface area contributed by atoms with E-state index in [9.17, 15) is 9.59 Å². The van der Waals surface area contributed by atoms with Crippen molar-refractivity contribution in [2.45, 2.75) is 6.92 Å². The molecule has 0 saturated carbocycles. The van der Waals surface area contributed by atoms with Crippen LogP contribution in [0.3, 0.4) is 0 Å². The Balaban J connectivity index is 1.72. The van der Waals surface area contributed by atoms with Crippen LogP contribution in [0.2, 0.25) is 0 Å². The molecule has 2 aromatic carbocycles. The van der Waals surface area contributed by atoms with Crippen LogP contribution in [0.25, 0.3) is 11.4 Å². The summed E-state index contributed by atoms with van der Waals surface area (Å²) in [4.78, 5) is 32.0. The summed E-state index contributed by atoms with van der Waals surface area (Å²) in [5.41, 5.74) is 2.40. The van der Waals surface area contributed by atoms with Gasteiger partial charge in [-0.05, 0) is 18.2 Å². The number of nitrogens with one attached hydrogen (secondary N) is 2. The zero-order chi connectivity index (χ0) is 17.6. The summed E-state index contributed by atoms with van der Waals surface area (Å²) in [6.07, 6.45) is 3.12. The maximum atomic E-state index is 12.3. The van der Waals surface area contributed by atoms with Gasteiger partial charge in [-0.15, -0.1) is 0 Å². The largest absolute Gasteiger partial charge is 0.326 e. The van der Waals surface area contributed by atoms with Gasteiger partial charge in [0.1, 0.15) is 0 Å². The standard InChI is InChI=1S/C19H16N4O2/c1-13(24)22-16-9-5-8-15(10-16)19(25)23-17-11-20-18(21-12-17)14-6-3-2-4-7-14/h2-12H,1H3,(H,22,24)(H,23,25). The van der Waals surface area contributed by atoms with E-state index in [2.05, 4.69) is 20.6 Å². The number of hydrogen-bond acceptors (Lipinski definition) is 4. The number of nitrogens with zero attached hydrogens (tertiary/aromatic N) is 2. The fourth-order valence-electron chi connectivity index (χ4n) is 2.27. The van der Waals surface area contributed by atoms with Gasteiger partial charge in [-0.25, -0.2) is 9.97 Å². The summed E-state index contributed by atoms with van der Waals surface area (Å²) in [6, 6.07) is 16.3. The molecule has 0 atom stereocenters. The number of carbonyl (C=O) groups excluding carboxylic acids is 2. The van der Waals surface area contributed by atoms with Gasteiger partial charge < -0.3 is 10.6 Å². The van der Waals surface area contributed by atoms with E-state index in [1.165, 1.54) is 6.92 Å². The highest BCUT2D eigenvalue weighted by Crippen LogP contribution is 2.16. The minimum absolute atomic E-state index is 0.192. The normalized spacial score (nSPS) is 10.1. The van der Waals surface area contributed by atoms with Crippen LogP contribution in [0.5, 0.6) is 0 Å². The Hall–Kier alpha value is -3.54. The molecule has 3 aromatic rings. The predicted octanol–water partition coefficient (Wildman–Crippen LogP) is 3.35. The average molecular weight is 332 g/mol. The van der Waals surface area contributed by atoms with Gasteiger partial charge in [-0.1, -0.05) is 36.4 Å². The second-order valence-electron chi connectivity index (χ2n) is 5.38. The van der Waals surface area contributed by atoms with Crippen LogP contribution in [0.15, 0.2) is 67.0 Å². The van der Waals surface area contributed by atoms with Crippen molar-refractivity contribution >= 4 is 23.2 Å². The van der Waals surface area contributed by atoms with Crippen molar-refractivity contribution in [3.05, 3.63) is 72.6 Å². The molecule has 2 N–H and O–H groups in total. The van der Waals surface area contributed by atoms with Gasteiger partial charge in [0, 0.05) is 23.7 Å². The molecule has 25 heavy (non-hydrogen) atoms. The molecule has 6 nitrogen and oxygen atoms in total. The van der Waals surface area contributed by atoms with E-state index < -0.39 is 0 Å². The van der Waals surface area contributed by atoms with Gasteiger partial charge in [0.2, 0.25) is 5.91 Å². The maximum absolute atomic E-state index is 12.3. The van der Waals surface area contributed by atoms with Crippen LogP contribution in [0.1, 0.15) is 17.3 Å². The average Bonchev–Trinajstić information content (AvgIpc) is 2.63. The van der Waals surface area contributed by atoms with E-state index in [1.807, 2.05) is 30.3 Å². The molecule has 124 valence electrons. The summed E-state index contributed by atoms with van der Waals surface area (Å²) in [5, 5.41) is 5.39. The van der Waals surface area contributed by atoms with Gasteiger partial charge in [0.15, 0.2) is 5.82 Å². The van der Waals surface area contributed by atoms with Crippen molar-refractivity contribution in [1.29, 1.82) is 0 Å². The SMILES string of the molecule is CC(=O)Nc1cccc(C(=O)Nc2cnc(-c3ccccc3)nc2)c1.